The van der Waals surface area contributed by atoms with Gasteiger partial charge in [0.25, 0.3) is 5.91 Å². The lowest BCUT2D eigenvalue weighted by atomic mass is 10.2. The second kappa shape index (κ2) is 11.4. The molecule has 4 aromatic carbocycles. The first-order valence-electron chi connectivity index (χ1n) is 11.5. The van der Waals surface area contributed by atoms with Crippen LogP contribution in [0.3, 0.4) is 0 Å². The average molecular weight is 493 g/mol. The van der Waals surface area contributed by atoms with Crippen LogP contribution < -0.4 is 10.2 Å². The van der Waals surface area contributed by atoms with Gasteiger partial charge in [0.05, 0.1) is 29.5 Å². The lowest BCUT2D eigenvalue weighted by Crippen LogP contribution is -2.20. The number of fused-ring (bicyclic) bond motifs is 1. The summed E-state index contributed by atoms with van der Waals surface area (Å²) in [4.78, 5) is 17.2. The van der Waals surface area contributed by atoms with E-state index in [1.165, 1.54) is 17.3 Å². The van der Waals surface area contributed by atoms with E-state index in [0.717, 1.165) is 27.5 Å². The third-order valence-corrected chi connectivity index (χ3v) is 6.35. The molecule has 5 aromatic rings. The van der Waals surface area contributed by atoms with Crippen LogP contribution in [0.15, 0.2) is 119 Å². The Labute approximate surface area is 213 Å². The number of thioether (sulfide) groups is 1. The minimum absolute atomic E-state index is 0.201. The number of nitrogens with one attached hydrogen (secondary N) is 1. The Kier molecular flexibility index (Phi) is 7.39. The zero-order valence-electron chi connectivity index (χ0n) is 19.5. The van der Waals surface area contributed by atoms with Gasteiger partial charge in [-0.1, -0.05) is 84.6 Å². The van der Waals surface area contributed by atoms with E-state index >= 15 is 0 Å². The minimum Gasteiger partial charge on any atom is -0.457 e. The largest absolute Gasteiger partial charge is 0.457 e. The van der Waals surface area contributed by atoms with E-state index < -0.39 is 0 Å². The Bertz CT molecular complexity index is 1480. The number of hydrogen-bond donors (Lipinski definition) is 1. The molecule has 0 radical (unpaired) electrons. The quantitative estimate of drug-likeness (QED) is 0.153. The highest BCUT2D eigenvalue weighted by Crippen LogP contribution is 2.25. The van der Waals surface area contributed by atoms with Crippen LogP contribution in [-0.4, -0.2) is 27.4 Å². The first-order chi connectivity index (χ1) is 17.7. The maximum absolute atomic E-state index is 12.5. The topological polar surface area (TPSA) is 68.5 Å². The maximum atomic E-state index is 12.5. The molecule has 0 saturated carbocycles. The molecule has 1 N–H and O–H groups in total. The van der Waals surface area contributed by atoms with Crippen LogP contribution in [0.4, 0.5) is 0 Å². The Morgan fingerprint density at radius 3 is 2.44 bits per heavy atom. The minimum atomic E-state index is -0.203. The van der Waals surface area contributed by atoms with Crippen LogP contribution in [0.1, 0.15) is 11.1 Å². The van der Waals surface area contributed by atoms with Crippen LogP contribution >= 0.6 is 11.8 Å². The number of nitrogens with zero attached hydrogens (tertiary/aromatic N) is 3. The standard InChI is InChI=1S/C29H24N4O2S/c34-28(32-30-19-23-12-9-15-25(18-23)35-24-13-5-2-6-14-24)21-36-29-31-26-16-7-8-17-27(26)33(29)20-22-10-3-1-4-11-22/h1-19H,20-21H2,(H,32,34). The number of aromatic nitrogens is 2. The molecule has 0 aliphatic rings. The van der Waals surface area contributed by atoms with Crippen LogP contribution in [0.5, 0.6) is 11.5 Å². The molecule has 36 heavy (non-hydrogen) atoms. The van der Waals surface area contributed by atoms with Crippen molar-refractivity contribution < 1.29 is 9.53 Å². The smallest absolute Gasteiger partial charge is 0.250 e. The molecule has 0 unspecified atom stereocenters. The molecular formula is C29H24N4O2S. The van der Waals surface area contributed by atoms with Crippen molar-refractivity contribution in [1.82, 2.24) is 15.0 Å². The molecule has 1 heterocycles. The van der Waals surface area contributed by atoms with Crippen LogP contribution in [0.2, 0.25) is 0 Å². The number of carbonyl (C=O) groups is 1. The summed E-state index contributed by atoms with van der Waals surface area (Å²) in [6, 6.07) is 35.3. The normalized spacial score (nSPS) is 11.1. The van der Waals surface area contributed by atoms with Crippen molar-refractivity contribution in [2.75, 3.05) is 5.75 Å². The van der Waals surface area contributed by atoms with E-state index in [4.69, 9.17) is 9.72 Å². The van der Waals surface area contributed by atoms with Gasteiger partial charge in [-0.25, -0.2) is 10.4 Å². The predicted molar refractivity (Wildman–Crippen MR) is 145 cm³/mol. The van der Waals surface area contributed by atoms with E-state index in [0.29, 0.717) is 12.3 Å². The lowest BCUT2D eigenvalue weighted by molar-refractivity contribution is -0.118. The van der Waals surface area contributed by atoms with Crippen molar-refractivity contribution in [3.63, 3.8) is 0 Å². The van der Waals surface area contributed by atoms with Gasteiger partial charge in [-0.3, -0.25) is 4.79 Å². The number of hydrazone groups is 1. The molecule has 6 nitrogen and oxygen atoms in total. The molecule has 0 aliphatic carbocycles. The van der Waals surface area contributed by atoms with E-state index in [-0.39, 0.29) is 11.7 Å². The van der Waals surface area contributed by atoms with Gasteiger partial charge in [0.2, 0.25) is 0 Å². The summed E-state index contributed by atoms with van der Waals surface area (Å²) in [5, 5.41) is 4.91. The lowest BCUT2D eigenvalue weighted by Gasteiger charge is -2.09. The molecule has 1 amide bonds. The van der Waals surface area contributed by atoms with Gasteiger partial charge in [0.15, 0.2) is 5.16 Å². The van der Waals surface area contributed by atoms with E-state index in [9.17, 15) is 4.79 Å². The first kappa shape index (κ1) is 23.4. The highest BCUT2D eigenvalue weighted by Gasteiger charge is 2.13. The summed E-state index contributed by atoms with van der Waals surface area (Å²) in [6.45, 7) is 0.685. The number of amides is 1. The van der Waals surface area contributed by atoms with Gasteiger partial charge in [0.1, 0.15) is 11.5 Å². The zero-order valence-corrected chi connectivity index (χ0v) is 20.3. The van der Waals surface area contributed by atoms with E-state index in [2.05, 4.69) is 33.3 Å². The molecule has 7 heteroatoms. The third kappa shape index (κ3) is 6.00. The van der Waals surface area contributed by atoms with Crippen molar-refractivity contribution in [2.24, 2.45) is 5.10 Å². The van der Waals surface area contributed by atoms with Crippen molar-refractivity contribution in [2.45, 2.75) is 11.7 Å². The molecule has 178 valence electrons. The van der Waals surface area contributed by atoms with Gasteiger partial charge in [0, 0.05) is 0 Å². The number of rotatable bonds is 9. The van der Waals surface area contributed by atoms with Crippen molar-refractivity contribution >= 4 is 34.9 Å². The van der Waals surface area contributed by atoms with Gasteiger partial charge in [-0.15, -0.1) is 0 Å². The van der Waals surface area contributed by atoms with E-state index in [1.54, 1.807) is 6.21 Å². The summed E-state index contributed by atoms with van der Waals surface area (Å²) in [6.07, 6.45) is 1.60. The monoisotopic (exact) mass is 492 g/mol. The Balaban J connectivity index is 1.21. The first-order valence-corrected chi connectivity index (χ1v) is 12.5. The van der Waals surface area contributed by atoms with Gasteiger partial charge in [-0.05, 0) is 47.5 Å². The Morgan fingerprint density at radius 2 is 1.61 bits per heavy atom. The van der Waals surface area contributed by atoms with Crippen LogP contribution in [0, 0.1) is 0 Å². The molecule has 0 fully saturated rings. The summed E-state index contributed by atoms with van der Waals surface area (Å²) < 4.78 is 7.99. The maximum Gasteiger partial charge on any atom is 0.250 e. The summed E-state index contributed by atoms with van der Waals surface area (Å²) in [5.74, 6) is 1.46. The van der Waals surface area contributed by atoms with Crippen LogP contribution in [0.25, 0.3) is 11.0 Å². The molecule has 0 aliphatic heterocycles. The highest BCUT2D eigenvalue weighted by molar-refractivity contribution is 7.99. The molecular weight excluding hydrogens is 468 g/mol. The molecule has 0 bridgehead atoms. The molecule has 1 aromatic heterocycles. The number of ether oxygens (including phenoxy) is 1. The molecule has 0 spiro atoms. The fourth-order valence-electron chi connectivity index (χ4n) is 3.71. The van der Waals surface area contributed by atoms with Crippen molar-refractivity contribution in [3.8, 4) is 11.5 Å². The summed E-state index contributed by atoms with van der Waals surface area (Å²) in [7, 11) is 0. The summed E-state index contributed by atoms with van der Waals surface area (Å²) >= 11 is 1.40. The molecule has 5 rings (SSSR count). The van der Waals surface area contributed by atoms with Crippen LogP contribution in [-0.2, 0) is 11.3 Å². The molecule has 0 saturated heterocycles. The van der Waals surface area contributed by atoms with Gasteiger partial charge >= 0.3 is 0 Å². The third-order valence-electron chi connectivity index (χ3n) is 5.38. The fraction of sp³-hybridized carbons (Fsp3) is 0.0690. The SMILES string of the molecule is O=C(CSc1nc2ccccc2n1Cc1ccccc1)NN=Cc1cccc(Oc2ccccc2)c1. The zero-order chi connectivity index (χ0) is 24.6. The van der Waals surface area contributed by atoms with Gasteiger partial charge < -0.3 is 9.30 Å². The Hall–Kier alpha value is -4.36. The number of imidazole rings is 1. The summed E-state index contributed by atoms with van der Waals surface area (Å²) in [5.41, 5.74) is 6.55. The van der Waals surface area contributed by atoms with E-state index in [1.807, 2.05) is 91.0 Å². The number of carbonyl (C=O) groups excluding carboxylic acids is 1. The predicted octanol–water partition coefficient (Wildman–Crippen LogP) is 6.12. The number of para-hydroxylation sites is 3. The van der Waals surface area contributed by atoms with Gasteiger partial charge in [-0.2, -0.15) is 5.10 Å². The Morgan fingerprint density at radius 1 is 0.889 bits per heavy atom. The number of hydrogen-bond acceptors (Lipinski definition) is 5. The molecule has 0 atom stereocenters. The number of benzene rings is 4. The average Bonchev–Trinajstić information content (AvgIpc) is 3.26. The highest BCUT2D eigenvalue weighted by atomic mass is 32.2. The second-order valence-corrected chi connectivity index (χ2v) is 8.97. The van der Waals surface area contributed by atoms with Crippen molar-refractivity contribution in [1.29, 1.82) is 0 Å². The van der Waals surface area contributed by atoms with Crippen molar-refractivity contribution in [3.05, 3.63) is 120 Å². The second-order valence-electron chi connectivity index (χ2n) is 8.02. The fourth-order valence-corrected chi connectivity index (χ4v) is 4.51.